The molecule has 1 aromatic rings. The minimum Gasteiger partial charge on any atom is -0.378 e. The van der Waals surface area contributed by atoms with E-state index in [1.54, 1.807) is 0 Å². The van der Waals surface area contributed by atoms with Crippen LogP contribution in [0.15, 0.2) is 4.99 Å². The zero-order valence-electron chi connectivity index (χ0n) is 17.1. The molecular formula is C19H36N6O. The number of hydrogen-bond acceptors (Lipinski definition) is 4. The van der Waals surface area contributed by atoms with Gasteiger partial charge in [-0.25, -0.2) is 9.67 Å². The van der Waals surface area contributed by atoms with Crippen molar-refractivity contribution in [1.29, 1.82) is 0 Å². The number of aliphatic imine (C=N–C) groups is 1. The van der Waals surface area contributed by atoms with Crippen LogP contribution in [0.1, 0.15) is 59.1 Å². The molecule has 0 amide bonds. The molecule has 2 N–H and O–H groups in total. The van der Waals surface area contributed by atoms with E-state index in [2.05, 4.69) is 55.3 Å². The summed E-state index contributed by atoms with van der Waals surface area (Å²) in [6, 6.07) is 0.333. The highest BCUT2D eigenvalue weighted by molar-refractivity contribution is 5.80. The van der Waals surface area contributed by atoms with Crippen molar-refractivity contribution in [2.45, 2.75) is 79.0 Å². The molecule has 0 fully saturated rings. The van der Waals surface area contributed by atoms with E-state index in [4.69, 9.17) is 9.73 Å². The van der Waals surface area contributed by atoms with Gasteiger partial charge in [0, 0.05) is 38.6 Å². The third kappa shape index (κ3) is 5.97. The first-order chi connectivity index (χ1) is 12.6. The first-order valence-corrected chi connectivity index (χ1v) is 10.2. The molecule has 0 saturated heterocycles. The fourth-order valence-electron chi connectivity index (χ4n) is 3.27. The Bertz CT molecular complexity index is 568. The van der Waals surface area contributed by atoms with Gasteiger partial charge in [-0.05, 0) is 32.6 Å². The molecule has 7 nitrogen and oxygen atoms in total. The number of hydrogen-bond donors (Lipinski definition) is 2. The summed E-state index contributed by atoms with van der Waals surface area (Å²) in [6.45, 7) is 13.9. The van der Waals surface area contributed by atoms with Gasteiger partial charge in [0.15, 0.2) is 11.8 Å². The monoisotopic (exact) mass is 364 g/mol. The van der Waals surface area contributed by atoms with Crippen molar-refractivity contribution >= 4 is 5.96 Å². The van der Waals surface area contributed by atoms with Gasteiger partial charge in [-0.1, -0.05) is 20.8 Å². The van der Waals surface area contributed by atoms with Crippen molar-refractivity contribution in [2.75, 3.05) is 19.7 Å². The summed E-state index contributed by atoms with van der Waals surface area (Å²) in [7, 11) is 0. The third-order valence-corrected chi connectivity index (χ3v) is 4.71. The van der Waals surface area contributed by atoms with Crippen LogP contribution < -0.4 is 10.6 Å². The standard InChI is InChI=1S/C19H36N6O/c1-6-17-23-18-10-9-15(13-25(18)24-17)22-19(20-7-2)21-12-11-16(14(4)5)26-8-3/h14-16H,6-13H2,1-5H3,(H2,20,21,22). The molecule has 1 aliphatic heterocycles. The Hall–Kier alpha value is -1.63. The van der Waals surface area contributed by atoms with Crippen molar-refractivity contribution in [3.63, 3.8) is 0 Å². The van der Waals surface area contributed by atoms with Crippen molar-refractivity contribution in [2.24, 2.45) is 10.9 Å². The van der Waals surface area contributed by atoms with Crippen LogP contribution in [0, 0.1) is 5.92 Å². The Morgan fingerprint density at radius 2 is 2.15 bits per heavy atom. The van der Waals surface area contributed by atoms with Crippen LogP contribution in [0.3, 0.4) is 0 Å². The molecule has 0 radical (unpaired) electrons. The number of rotatable bonds is 9. The lowest BCUT2D eigenvalue weighted by Gasteiger charge is -2.25. The van der Waals surface area contributed by atoms with Gasteiger partial charge in [-0.2, -0.15) is 5.10 Å². The van der Waals surface area contributed by atoms with Gasteiger partial charge >= 0.3 is 0 Å². The fraction of sp³-hybridized carbons (Fsp3) is 0.842. The summed E-state index contributed by atoms with van der Waals surface area (Å²) >= 11 is 0. The summed E-state index contributed by atoms with van der Waals surface area (Å²) in [5.41, 5.74) is 0. The van der Waals surface area contributed by atoms with Crippen LogP contribution >= 0.6 is 0 Å². The van der Waals surface area contributed by atoms with E-state index in [0.717, 1.165) is 69.5 Å². The second kappa shape index (κ2) is 10.5. The largest absolute Gasteiger partial charge is 0.378 e. The lowest BCUT2D eigenvalue weighted by molar-refractivity contribution is 0.0266. The minimum absolute atomic E-state index is 0.270. The van der Waals surface area contributed by atoms with E-state index in [9.17, 15) is 0 Å². The van der Waals surface area contributed by atoms with Gasteiger partial charge in [0.05, 0.1) is 12.6 Å². The Kier molecular flexibility index (Phi) is 8.35. The van der Waals surface area contributed by atoms with Gasteiger partial charge in [0.25, 0.3) is 0 Å². The van der Waals surface area contributed by atoms with Crippen LogP contribution in [-0.2, 0) is 24.1 Å². The van der Waals surface area contributed by atoms with E-state index in [-0.39, 0.29) is 6.10 Å². The normalized spacial score (nSPS) is 18.7. The Balaban J connectivity index is 1.90. The molecule has 0 aromatic carbocycles. The van der Waals surface area contributed by atoms with E-state index >= 15 is 0 Å². The SMILES string of the molecule is CCNC(=NCCC(OCC)C(C)C)NC1CCc2nc(CC)nn2C1. The fourth-order valence-corrected chi connectivity index (χ4v) is 3.27. The molecule has 1 aromatic heterocycles. The molecule has 148 valence electrons. The summed E-state index contributed by atoms with van der Waals surface area (Å²) < 4.78 is 7.87. The second-order valence-electron chi connectivity index (χ2n) is 7.15. The molecule has 0 bridgehead atoms. The molecule has 0 aliphatic carbocycles. The molecule has 2 unspecified atom stereocenters. The average Bonchev–Trinajstić information content (AvgIpc) is 3.03. The van der Waals surface area contributed by atoms with Gasteiger partial charge in [0.2, 0.25) is 0 Å². The maximum absolute atomic E-state index is 5.82. The molecule has 0 spiro atoms. The van der Waals surface area contributed by atoms with Crippen molar-refractivity contribution in [3.8, 4) is 0 Å². The molecule has 1 aliphatic rings. The van der Waals surface area contributed by atoms with Crippen LogP contribution in [0.5, 0.6) is 0 Å². The Morgan fingerprint density at radius 1 is 1.35 bits per heavy atom. The van der Waals surface area contributed by atoms with Crippen molar-refractivity contribution in [3.05, 3.63) is 11.6 Å². The van der Waals surface area contributed by atoms with E-state index in [1.807, 2.05) is 4.68 Å². The molecule has 2 heterocycles. The smallest absolute Gasteiger partial charge is 0.191 e. The van der Waals surface area contributed by atoms with Gasteiger partial charge in [-0.3, -0.25) is 4.99 Å². The summed E-state index contributed by atoms with van der Waals surface area (Å²) in [5, 5.41) is 11.5. The molecule has 7 heteroatoms. The highest BCUT2D eigenvalue weighted by Gasteiger charge is 2.22. The van der Waals surface area contributed by atoms with Gasteiger partial charge in [-0.15, -0.1) is 0 Å². The number of ether oxygens (including phenoxy) is 1. The molecular weight excluding hydrogens is 328 g/mol. The lowest BCUT2D eigenvalue weighted by Crippen LogP contribution is -2.47. The Labute approximate surface area is 158 Å². The number of fused-ring (bicyclic) bond motifs is 1. The average molecular weight is 365 g/mol. The number of nitrogens with zero attached hydrogens (tertiary/aromatic N) is 4. The Morgan fingerprint density at radius 3 is 2.81 bits per heavy atom. The van der Waals surface area contributed by atoms with E-state index in [0.29, 0.717) is 12.0 Å². The predicted molar refractivity (Wildman–Crippen MR) is 105 cm³/mol. The predicted octanol–water partition coefficient (Wildman–Crippen LogP) is 2.16. The summed E-state index contributed by atoms with van der Waals surface area (Å²) in [4.78, 5) is 9.34. The van der Waals surface area contributed by atoms with Gasteiger partial charge < -0.3 is 15.4 Å². The van der Waals surface area contributed by atoms with E-state index in [1.165, 1.54) is 0 Å². The van der Waals surface area contributed by atoms with Crippen LogP contribution in [0.25, 0.3) is 0 Å². The zero-order valence-corrected chi connectivity index (χ0v) is 17.1. The van der Waals surface area contributed by atoms with Crippen molar-refractivity contribution < 1.29 is 4.74 Å². The van der Waals surface area contributed by atoms with E-state index < -0.39 is 0 Å². The lowest BCUT2D eigenvalue weighted by atomic mass is 10.0. The minimum atomic E-state index is 0.270. The van der Waals surface area contributed by atoms with Crippen molar-refractivity contribution in [1.82, 2.24) is 25.4 Å². The first-order valence-electron chi connectivity index (χ1n) is 10.2. The topological polar surface area (TPSA) is 76.4 Å². The molecule has 26 heavy (non-hydrogen) atoms. The quantitative estimate of drug-likeness (QED) is 0.519. The maximum atomic E-state index is 5.82. The van der Waals surface area contributed by atoms with Crippen LogP contribution in [0.2, 0.25) is 0 Å². The first kappa shape index (κ1) is 20.7. The highest BCUT2D eigenvalue weighted by Crippen LogP contribution is 2.14. The number of nitrogens with one attached hydrogen (secondary N) is 2. The third-order valence-electron chi connectivity index (χ3n) is 4.71. The molecule has 2 atom stereocenters. The van der Waals surface area contributed by atoms with Crippen LogP contribution in [0.4, 0.5) is 0 Å². The zero-order chi connectivity index (χ0) is 18.9. The number of aromatic nitrogens is 3. The molecule has 0 saturated carbocycles. The summed E-state index contributed by atoms with van der Waals surface area (Å²) in [5.74, 6) is 3.45. The second-order valence-corrected chi connectivity index (χ2v) is 7.15. The maximum Gasteiger partial charge on any atom is 0.191 e. The van der Waals surface area contributed by atoms with Crippen LogP contribution in [-0.4, -0.2) is 52.6 Å². The molecule has 2 rings (SSSR count). The van der Waals surface area contributed by atoms with Gasteiger partial charge in [0.1, 0.15) is 5.82 Å². The number of guanidine groups is 1. The summed E-state index contributed by atoms with van der Waals surface area (Å²) in [6.07, 6.45) is 4.12. The highest BCUT2D eigenvalue weighted by atomic mass is 16.5. The number of aryl methyl sites for hydroxylation is 2.